The van der Waals surface area contributed by atoms with E-state index in [0.717, 1.165) is 5.69 Å². The van der Waals surface area contributed by atoms with E-state index in [9.17, 15) is 4.79 Å². The van der Waals surface area contributed by atoms with Crippen LogP contribution in [0.15, 0.2) is 24.3 Å². The number of rotatable bonds is 3. The largest absolute Gasteiger partial charge is 0.330 e. The van der Waals surface area contributed by atoms with Gasteiger partial charge in [-0.25, -0.2) is 0 Å². The summed E-state index contributed by atoms with van der Waals surface area (Å²) in [5.74, 6) is -0.250. The monoisotopic (exact) mass is 212 g/mol. The van der Waals surface area contributed by atoms with Crippen molar-refractivity contribution in [3.05, 3.63) is 29.3 Å². The summed E-state index contributed by atoms with van der Waals surface area (Å²) in [6, 6.07) is 6.96. The summed E-state index contributed by atoms with van der Waals surface area (Å²) in [4.78, 5) is 11.4. The van der Waals surface area contributed by atoms with Gasteiger partial charge in [0.25, 0.3) is 0 Å². The molecule has 0 saturated carbocycles. The van der Waals surface area contributed by atoms with Crippen molar-refractivity contribution >= 4 is 23.2 Å². The van der Waals surface area contributed by atoms with Crippen LogP contribution in [0.5, 0.6) is 0 Å². The Hall–Kier alpha value is -1.06. The van der Waals surface area contributed by atoms with Crippen molar-refractivity contribution in [1.29, 1.82) is 0 Å². The summed E-state index contributed by atoms with van der Waals surface area (Å²) in [6.45, 7) is 2.13. The van der Waals surface area contributed by atoms with Gasteiger partial charge in [-0.2, -0.15) is 0 Å². The van der Waals surface area contributed by atoms with Gasteiger partial charge in [-0.3, -0.25) is 4.79 Å². The number of carbonyl (C=O) groups is 1. The third-order valence-corrected chi connectivity index (χ3v) is 2.16. The maximum Gasteiger partial charge on any atom is 0.228 e. The summed E-state index contributed by atoms with van der Waals surface area (Å²) in [7, 11) is 0. The molecule has 0 spiro atoms. The van der Waals surface area contributed by atoms with E-state index >= 15 is 0 Å². The molecule has 0 aromatic heterocycles. The van der Waals surface area contributed by atoms with E-state index in [1.54, 1.807) is 31.2 Å². The average Bonchev–Trinajstić information content (AvgIpc) is 2.20. The zero-order valence-corrected chi connectivity index (χ0v) is 8.71. The highest BCUT2D eigenvalue weighted by atomic mass is 35.5. The highest BCUT2D eigenvalue weighted by Crippen LogP contribution is 2.13. The molecule has 1 amide bonds. The van der Waals surface area contributed by atoms with Gasteiger partial charge in [-0.1, -0.05) is 18.5 Å². The second-order valence-corrected chi connectivity index (χ2v) is 3.57. The van der Waals surface area contributed by atoms with Crippen molar-refractivity contribution in [2.24, 2.45) is 11.7 Å². The van der Waals surface area contributed by atoms with Gasteiger partial charge in [0.1, 0.15) is 0 Å². The Labute approximate surface area is 88.2 Å². The van der Waals surface area contributed by atoms with Crippen LogP contribution in [0.2, 0.25) is 5.02 Å². The summed E-state index contributed by atoms with van der Waals surface area (Å²) in [6.07, 6.45) is 0. The summed E-state index contributed by atoms with van der Waals surface area (Å²) < 4.78 is 0. The molecule has 76 valence electrons. The fraction of sp³-hybridized carbons (Fsp3) is 0.300. The molecule has 14 heavy (non-hydrogen) atoms. The Morgan fingerprint density at radius 2 is 2.07 bits per heavy atom. The van der Waals surface area contributed by atoms with E-state index in [0.29, 0.717) is 11.6 Å². The Morgan fingerprint density at radius 3 is 2.57 bits per heavy atom. The molecule has 0 fully saturated rings. The lowest BCUT2D eigenvalue weighted by Gasteiger charge is -2.09. The topological polar surface area (TPSA) is 55.1 Å². The van der Waals surface area contributed by atoms with Crippen LogP contribution in [0.3, 0.4) is 0 Å². The first-order valence-electron chi connectivity index (χ1n) is 4.40. The van der Waals surface area contributed by atoms with Crippen LogP contribution in [0.4, 0.5) is 5.69 Å². The highest BCUT2D eigenvalue weighted by molar-refractivity contribution is 6.30. The van der Waals surface area contributed by atoms with Crippen LogP contribution < -0.4 is 11.1 Å². The van der Waals surface area contributed by atoms with Crippen LogP contribution in [-0.4, -0.2) is 12.5 Å². The molecule has 0 saturated heterocycles. The highest BCUT2D eigenvalue weighted by Gasteiger charge is 2.10. The van der Waals surface area contributed by atoms with E-state index in [2.05, 4.69) is 5.32 Å². The van der Waals surface area contributed by atoms with Crippen LogP contribution >= 0.6 is 11.6 Å². The van der Waals surface area contributed by atoms with Crippen LogP contribution in [0, 0.1) is 5.92 Å². The Morgan fingerprint density at radius 1 is 1.50 bits per heavy atom. The van der Waals surface area contributed by atoms with E-state index < -0.39 is 0 Å². The SMILES string of the molecule is CC(CN)C(=O)Nc1ccc(Cl)cc1. The van der Waals surface area contributed by atoms with Crippen LogP contribution in [0.25, 0.3) is 0 Å². The number of nitrogens with two attached hydrogens (primary N) is 1. The van der Waals surface area contributed by atoms with E-state index in [-0.39, 0.29) is 11.8 Å². The van der Waals surface area contributed by atoms with Gasteiger partial charge in [0, 0.05) is 23.2 Å². The number of halogens is 1. The van der Waals surface area contributed by atoms with E-state index in [1.807, 2.05) is 0 Å². The number of amides is 1. The van der Waals surface area contributed by atoms with Gasteiger partial charge >= 0.3 is 0 Å². The molecule has 0 bridgehead atoms. The van der Waals surface area contributed by atoms with Gasteiger partial charge in [0.2, 0.25) is 5.91 Å². The molecule has 1 atom stereocenters. The summed E-state index contributed by atoms with van der Waals surface area (Å²) in [5.41, 5.74) is 6.10. The molecule has 0 aliphatic rings. The number of hydrogen-bond acceptors (Lipinski definition) is 2. The molecule has 1 unspecified atom stereocenters. The van der Waals surface area contributed by atoms with E-state index in [1.165, 1.54) is 0 Å². The first kappa shape index (κ1) is 11.0. The van der Waals surface area contributed by atoms with Gasteiger partial charge in [-0.15, -0.1) is 0 Å². The van der Waals surface area contributed by atoms with Gasteiger partial charge in [0.05, 0.1) is 0 Å². The average molecular weight is 213 g/mol. The van der Waals surface area contributed by atoms with Crippen molar-refractivity contribution < 1.29 is 4.79 Å². The van der Waals surface area contributed by atoms with Gasteiger partial charge in [0.15, 0.2) is 0 Å². The van der Waals surface area contributed by atoms with Crippen molar-refractivity contribution in [3.63, 3.8) is 0 Å². The summed E-state index contributed by atoms with van der Waals surface area (Å²) in [5, 5.41) is 3.39. The molecule has 0 aliphatic carbocycles. The van der Waals surface area contributed by atoms with Crippen LogP contribution in [-0.2, 0) is 4.79 Å². The zero-order chi connectivity index (χ0) is 10.6. The lowest BCUT2D eigenvalue weighted by Crippen LogP contribution is -2.26. The molecule has 3 nitrogen and oxygen atoms in total. The minimum atomic E-state index is -0.175. The first-order chi connectivity index (χ1) is 6.63. The van der Waals surface area contributed by atoms with E-state index in [4.69, 9.17) is 17.3 Å². The standard InChI is InChI=1S/C10H13ClN2O/c1-7(6-12)10(14)13-9-4-2-8(11)3-5-9/h2-5,7H,6,12H2,1H3,(H,13,14). The number of benzene rings is 1. The maximum atomic E-state index is 11.4. The second kappa shape index (κ2) is 4.98. The molecule has 4 heteroatoms. The fourth-order valence-electron chi connectivity index (χ4n) is 0.906. The number of hydrogen-bond donors (Lipinski definition) is 2. The molecule has 3 N–H and O–H groups in total. The number of anilines is 1. The fourth-order valence-corrected chi connectivity index (χ4v) is 1.03. The molecule has 1 rings (SSSR count). The molecule has 1 aromatic carbocycles. The predicted octanol–water partition coefficient (Wildman–Crippen LogP) is 1.87. The Kier molecular flexibility index (Phi) is 3.92. The normalized spacial score (nSPS) is 12.2. The van der Waals surface area contributed by atoms with Gasteiger partial charge < -0.3 is 11.1 Å². The quantitative estimate of drug-likeness (QED) is 0.804. The molecule has 0 aliphatic heterocycles. The third kappa shape index (κ3) is 3.01. The molecular formula is C10H13ClN2O. The number of carbonyl (C=O) groups excluding carboxylic acids is 1. The zero-order valence-electron chi connectivity index (χ0n) is 7.96. The Bertz CT molecular complexity index is 310. The summed E-state index contributed by atoms with van der Waals surface area (Å²) >= 11 is 5.71. The maximum absolute atomic E-state index is 11.4. The van der Waals surface area contributed by atoms with Crippen LogP contribution in [0.1, 0.15) is 6.92 Å². The number of nitrogens with one attached hydrogen (secondary N) is 1. The smallest absolute Gasteiger partial charge is 0.228 e. The molecule has 1 aromatic rings. The van der Waals surface area contributed by atoms with Crippen molar-refractivity contribution in [1.82, 2.24) is 0 Å². The van der Waals surface area contributed by atoms with Gasteiger partial charge in [-0.05, 0) is 24.3 Å². The molecule has 0 heterocycles. The minimum Gasteiger partial charge on any atom is -0.330 e. The lowest BCUT2D eigenvalue weighted by atomic mass is 10.1. The molecule has 0 radical (unpaired) electrons. The van der Waals surface area contributed by atoms with Crippen molar-refractivity contribution in [3.8, 4) is 0 Å². The molecular weight excluding hydrogens is 200 g/mol. The van der Waals surface area contributed by atoms with Crippen molar-refractivity contribution in [2.45, 2.75) is 6.92 Å². The lowest BCUT2D eigenvalue weighted by molar-refractivity contribution is -0.119. The second-order valence-electron chi connectivity index (χ2n) is 3.13. The third-order valence-electron chi connectivity index (χ3n) is 1.91. The predicted molar refractivity (Wildman–Crippen MR) is 58.3 cm³/mol. The van der Waals surface area contributed by atoms with Crippen molar-refractivity contribution in [2.75, 3.05) is 11.9 Å². The first-order valence-corrected chi connectivity index (χ1v) is 4.77. The Balaban J connectivity index is 2.60. The minimum absolute atomic E-state index is 0.0742.